The molecule has 1 heterocycles. The third-order valence-electron chi connectivity index (χ3n) is 3.34. The third kappa shape index (κ3) is 4.39. The number of carbonyl (C=O) groups excluding carboxylic acids is 1. The van der Waals surface area contributed by atoms with Crippen LogP contribution in [0.3, 0.4) is 0 Å². The van der Waals surface area contributed by atoms with Gasteiger partial charge in [0.1, 0.15) is 0 Å². The number of nitrogens with one attached hydrogen (secondary N) is 1. The van der Waals surface area contributed by atoms with Crippen LogP contribution in [0, 0.1) is 0 Å². The van der Waals surface area contributed by atoms with Crippen LogP contribution < -0.4 is 5.43 Å². The third-order valence-corrected chi connectivity index (χ3v) is 3.87. The number of carbonyl (C=O) groups is 1. The van der Waals surface area contributed by atoms with Crippen LogP contribution in [0.25, 0.3) is 0 Å². The highest BCUT2D eigenvalue weighted by atomic mass is 79.9. The maximum atomic E-state index is 12.2. The van der Waals surface area contributed by atoms with E-state index in [0.29, 0.717) is 12.1 Å². The number of halogens is 1. The fourth-order valence-electron chi connectivity index (χ4n) is 2.17. The van der Waals surface area contributed by atoms with E-state index in [1.54, 1.807) is 18.5 Å². The van der Waals surface area contributed by atoms with Crippen molar-refractivity contribution >= 4 is 28.1 Å². The quantitative estimate of drug-likeness (QED) is 0.542. The molecule has 0 fully saturated rings. The molecule has 1 aromatic heterocycles. The van der Waals surface area contributed by atoms with Gasteiger partial charge in [0.25, 0.3) is 5.91 Å². The summed E-state index contributed by atoms with van der Waals surface area (Å²) in [5.41, 5.74) is 5.02. The molecule has 1 amide bonds. The summed E-state index contributed by atoms with van der Waals surface area (Å²) in [6, 6.07) is 16.9. The molecular weight excluding hydrogens is 368 g/mol. The van der Waals surface area contributed by atoms with E-state index in [1.807, 2.05) is 59.4 Å². The summed E-state index contributed by atoms with van der Waals surface area (Å²) in [7, 11) is 0. The Balaban J connectivity index is 1.63. The molecule has 0 saturated heterocycles. The summed E-state index contributed by atoms with van der Waals surface area (Å²) in [4.78, 5) is 12.2. The predicted molar refractivity (Wildman–Crippen MR) is 97.0 cm³/mol. The van der Waals surface area contributed by atoms with E-state index in [0.717, 1.165) is 15.6 Å². The van der Waals surface area contributed by atoms with E-state index < -0.39 is 0 Å². The van der Waals surface area contributed by atoms with Crippen molar-refractivity contribution in [3.8, 4) is 0 Å². The molecule has 0 bridgehead atoms. The summed E-state index contributed by atoms with van der Waals surface area (Å²) in [6.45, 7) is 0.621. The number of aromatic nitrogens is 2. The van der Waals surface area contributed by atoms with Crippen molar-refractivity contribution in [2.24, 2.45) is 5.10 Å². The van der Waals surface area contributed by atoms with Gasteiger partial charge in [0, 0.05) is 22.4 Å². The minimum atomic E-state index is -0.245. The Bertz CT molecular complexity index is 842. The Labute approximate surface area is 148 Å². The Morgan fingerprint density at radius 1 is 1.21 bits per heavy atom. The number of nitrogens with zero attached hydrogens (tertiary/aromatic N) is 3. The SMILES string of the molecule is O=C(N/N=C/c1ccc(Br)cc1)c1cccc(Cn2cccn2)c1. The highest BCUT2D eigenvalue weighted by Gasteiger charge is 2.05. The average Bonchev–Trinajstić information content (AvgIpc) is 3.10. The zero-order chi connectivity index (χ0) is 16.8. The molecule has 3 aromatic rings. The van der Waals surface area contributed by atoms with Gasteiger partial charge in [-0.15, -0.1) is 0 Å². The fourth-order valence-corrected chi connectivity index (χ4v) is 2.44. The van der Waals surface area contributed by atoms with Gasteiger partial charge in [-0.2, -0.15) is 10.2 Å². The number of benzene rings is 2. The van der Waals surface area contributed by atoms with Crippen LogP contribution in [0.5, 0.6) is 0 Å². The highest BCUT2D eigenvalue weighted by Crippen LogP contribution is 2.09. The largest absolute Gasteiger partial charge is 0.271 e. The number of hydrogen-bond acceptors (Lipinski definition) is 3. The van der Waals surface area contributed by atoms with E-state index in [4.69, 9.17) is 0 Å². The van der Waals surface area contributed by atoms with Crippen LogP contribution in [0.2, 0.25) is 0 Å². The molecule has 0 unspecified atom stereocenters. The van der Waals surface area contributed by atoms with E-state index in [-0.39, 0.29) is 5.91 Å². The second kappa shape index (κ2) is 7.70. The van der Waals surface area contributed by atoms with Gasteiger partial charge >= 0.3 is 0 Å². The van der Waals surface area contributed by atoms with Crippen molar-refractivity contribution in [1.82, 2.24) is 15.2 Å². The maximum Gasteiger partial charge on any atom is 0.271 e. The lowest BCUT2D eigenvalue weighted by molar-refractivity contribution is 0.0955. The second-order valence-electron chi connectivity index (χ2n) is 5.15. The summed E-state index contributed by atoms with van der Waals surface area (Å²) in [6.07, 6.45) is 5.22. The Morgan fingerprint density at radius 3 is 2.79 bits per heavy atom. The van der Waals surface area contributed by atoms with Gasteiger partial charge in [-0.05, 0) is 41.5 Å². The van der Waals surface area contributed by atoms with Crippen LogP contribution in [0.4, 0.5) is 0 Å². The topological polar surface area (TPSA) is 59.3 Å². The van der Waals surface area contributed by atoms with Crippen molar-refractivity contribution in [1.29, 1.82) is 0 Å². The molecule has 6 heteroatoms. The standard InChI is InChI=1S/C18H15BrN4O/c19-17-7-5-14(6-8-17)12-20-22-18(24)16-4-1-3-15(11-16)13-23-10-2-9-21-23/h1-12H,13H2,(H,22,24)/b20-12+. The zero-order valence-corrected chi connectivity index (χ0v) is 14.3. The number of hydrogen-bond donors (Lipinski definition) is 1. The molecule has 0 spiro atoms. The highest BCUT2D eigenvalue weighted by molar-refractivity contribution is 9.10. The van der Waals surface area contributed by atoms with Crippen LogP contribution in [-0.2, 0) is 6.54 Å². The number of rotatable bonds is 5. The minimum absolute atomic E-state index is 0.245. The molecule has 0 radical (unpaired) electrons. The van der Waals surface area contributed by atoms with E-state index in [9.17, 15) is 4.79 Å². The number of amides is 1. The molecular formula is C18H15BrN4O. The summed E-state index contributed by atoms with van der Waals surface area (Å²) in [5, 5.41) is 8.16. The zero-order valence-electron chi connectivity index (χ0n) is 12.8. The van der Waals surface area contributed by atoms with Gasteiger partial charge in [-0.1, -0.05) is 40.2 Å². The minimum Gasteiger partial charge on any atom is -0.268 e. The van der Waals surface area contributed by atoms with E-state index >= 15 is 0 Å². The van der Waals surface area contributed by atoms with Gasteiger partial charge < -0.3 is 0 Å². The molecule has 1 N–H and O–H groups in total. The van der Waals surface area contributed by atoms with E-state index in [1.165, 1.54) is 0 Å². The second-order valence-corrected chi connectivity index (χ2v) is 6.07. The Kier molecular flexibility index (Phi) is 5.18. The van der Waals surface area contributed by atoms with Crippen LogP contribution in [0.1, 0.15) is 21.5 Å². The molecule has 0 atom stereocenters. The fraction of sp³-hybridized carbons (Fsp3) is 0.0556. The summed E-state index contributed by atoms with van der Waals surface area (Å²) in [5.74, 6) is -0.245. The smallest absolute Gasteiger partial charge is 0.268 e. The monoisotopic (exact) mass is 382 g/mol. The van der Waals surface area contributed by atoms with Crippen LogP contribution in [-0.4, -0.2) is 21.9 Å². The van der Waals surface area contributed by atoms with Crippen LogP contribution >= 0.6 is 15.9 Å². The molecule has 3 rings (SSSR count). The van der Waals surface area contributed by atoms with Crippen molar-refractivity contribution < 1.29 is 4.79 Å². The summed E-state index contributed by atoms with van der Waals surface area (Å²) < 4.78 is 2.81. The van der Waals surface area contributed by atoms with Crippen molar-refractivity contribution in [3.05, 3.63) is 88.2 Å². The first-order chi connectivity index (χ1) is 11.7. The van der Waals surface area contributed by atoms with Crippen molar-refractivity contribution in [2.45, 2.75) is 6.54 Å². The molecule has 0 aliphatic carbocycles. The van der Waals surface area contributed by atoms with Gasteiger partial charge in [-0.3, -0.25) is 9.48 Å². The van der Waals surface area contributed by atoms with Gasteiger partial charge in [0.2, 0.25) is 0 Å². The maximum absolute atomic E-state index is 12.2. The van der Waals surface area contributed by atoms with E-state index in [2.05, 4.69) is 31.6 Å². The summed E-state index contributed by atoms with van der Waals surface area (Å²) >= 11 is 3.37. The van der Waals surface area contributed by atoms with Crippen molar-refractivity contribution in [3.63, 3.8) is 0 Å². The average molecular weight is 383 g/mol. The van der Waals surface area contributed by atoms with Gasteiger partial charge in [0.05, 0.1) is 12.8 Å². The van der Waals surface area contributed by atoms with Crippen LogP contribution in [0.15, 0.2) is 76.6 Å². The number of hydrazone groups is 1. The first-order valence-electron chi connectivity index (χ1n) is 7.36. The first-order valence-corrected chi connectivity index (χ1v) is 8.15. The van der Waals surface area contributed by atoms with Gasteiger partial charge in [-0.25, -0.2) is 5.43 Å². The Hall–Kier alpha value is -2.73. The lowest BCUT2D eigenvalue weighted by Crippen LogP contribution is -2.18. The molecule has 2 aromatic carbocycles. The molecule has 0 saturated carbocycles. The molecule has 24 heavy (non-hydrogen) atoms. The molecule has 5 nitrogen and oxygen atoms in total. The lowest BCUT2D eigenvalue weighted by Gasteiger charge is -2.05. The van der Waals surface area contributed by atoms with Crippen molar-refractivity contribution in [2.75, 3.05) is 0 Å². The predicted octanol–water partition coefficient (Wildman–Crippen LogP) is 3.46. The molecule has 0 aliphatic heterocycles. The normalized spacial score (nSPS) is 10.9. The first kappa shape index (κ1) is 16.1. The Morgan fingerprint density at radius 2 is 2.04 bits per heavy atom. The van der Waals surface area contributed by atoms with Gasteiger partial charge in [0.15, 0.2) is 0 Å². The molecule has 120 valence electrons. The molecule has 0 aliphatic rings. The lowest BCUT2D eigenvalue weighted by atomic mass is 10.1.